The van der Waals surface area contributed by atoms with E-state index in [1.807, 2.05) is 42.5 Å². The van der Waals surface area contributed by atoms with Gasteiger partial charge < -0.3 is 9.47 Å². The van der Waals surface area contributed by atoms with Gasteiger partial charge in [-0.05, 0) is 31.0 Å². The second kappa shape index (κ2) is 20.2. The lowest BCUT2D eigenvalue weighted by atomic mass is 10.1. The Kier molecular flexibility index (Phi) is 17.0. The van der Waals surface area contributed by atoms with Crippen molar-refractivity contribution in [2.24, 2.45) is 0 Å². The van der Waals surface area contributed by atoms with Crippen molar-refractivity contribution in [1.82, 2.24) is 0 Å². The fraction of sp³-hybridized carbons (Fsp3) is 0.333. The maximum atomic E-state index is 11.9. The van der Waals surface area contributed by atoms with Crippen molar-refractivity contribution in [2.45, 2.75) is 58.3 Å². The van der Waals surface area contributed by atoms with Crippen LogP contribution in [0, 0.1) is 0 Å². The Morgan fingerprint density at radius 2 is 1.35 bits per heavy atom. The number of carbonyl (C=O) groups excluding carboxylic acids is 2. The van der Waals surface area contributed by atoms with Crippen LogP contribution in [0.1, 0.15) is 68.6 Å². The number of methoxy groups -OCH3 is 1. The van der Waals surface area contributed by atoms with E-state index in [0.29, 0.717) is 17.6 Å². The fourth-order valence-corrected chi connectivity index (χ4v) is 3.03. The van der Waals surface area contributed by atoms with Crippen LogP contribution in [-0.4, -0.2) is 19.4 Å². The van der Waals surface area contributed by atoms with Gasteiger partial charge in [-0.15, -0.1) is 0 Å². The summed E-state index contributed by atoms with van der Waals surface area (Å²) in [5.74, 6) is 0.0580. The molecule has 1 rings (SSSR count). The number of aldehydes is 1. The van der Waals surface area contributed by atoms with Crippen LogP contribution in [0.4, 0.5) is 0 Å². The molecule has 0 amide bonds. The van der Waals surface area contributed by atoms with Crippen LogP contribution in [0.15, 0.2) is 91.1 Å². The molecule has 0 unspecified atom stereocenters. The Morgan fingerprint density at radius 1 is 0.765 bits per heavy atom. The van der Waals surface area contributed by atoms with Crippen LogP contribution in [0.5, 0.6) is 11.5 Å². The number of allylic oxidation sites excluding steroid dienone is 11. The number of ether oxygens (including phenoxy) is 2. The van der Waals surface area contributed by atoms with Gasteiger partial charge >= 0.3 is 5.97 Å². The van der Waals surface area contributed by atoms with E-state index in [9.17, 15) is 9.59 Å². The summed E-state index contributed by atoms with van der Waals surface area (Å²) in [6.07, 6.45) is 33.8. The minimum atomic E-state index is -0.532. The molecule has 0 aliphatic carbocycles. The molecule has 4 heteroatoms. The van der Waals surface area contributed by atoms with E-state index < -0.39 is 5.97 Å². The highest BCUT2D eigenvalue weighted by Gasteiger charge is 2.08. The SMILES string of the molecule is CCCCCCCCC/C=C/C=C/C=C/C=C/C=C/C=C/C(=O)Oc1ccc(C=O)cc1OC. The summed E-state index contributed by atoms with van der Waals surface area (Å²) in [5.41, 5.74) is 0.446. The van der Waals surface area contributed by atoms with E-state index in [1.54, 1.807) is 18.2 Å². The summed E-state index contributed by atoms with van der Waals surface area (Å²) < 4.78 is 10.4. The minimum Gasteiger partial charge on any atom is -0.493 e. The van der Waals surface area contributed by atoms with Gasteiger partial charge in [-0.1, -0.05) is 112 Å². The molecule has 0 radical (unpaired) electrons. The fourth-order valence-electron chi connectivity index (χ4n) is 3.03. The van der Waals surface area contributed by atoms with Crippen molar-refractivity contribution >= 4 is 12.3 Å². The number of hydrogen-bond acceptors (Lipinski definition) is 4. The van der Waals surface area contributed by atoms with E-state index in [-0.39, 0.29) is 5.75 Å². The number of benzene rings is 1. The van der Waals surface area contributed by atoms with Crippen molar-refractivity contribution in [3.63, 3.8) is 0 Å². The Hall–Kier alpha value is -3.40. The van der Waals surface area contributed by atoms with Gasteiger partial charge in [0.2, 0.25) is 0 Å². The second-order valence-electron chi connectivity index (χ2n) is 7.69. The first kappa shape index (κ1) is 28.6. The molecule has 4 nitrogen and oxygen atoms in total. The molecule has 0 fully saturated rings. The highest BCUT2D eigenvalue weighted by Crippen LogP contribution is 2.27. The number of esters is 1. The summed E-state index contributed by atoms with van der Waals surface area (Å²) in [5, 5.41) is 0. The molecule has 0 aliphatic heterocycles. The van der Waals surface area contributed by atoms with E-state index in [0.717, 1.165) is 6.42 Å². The minimum absolute atomic E-state index is 0.262. The summed E-state index contributed by atoms with van der Waals surface area (Å²) in [6, 6.07) is 4.60. The molecule has 0 aliphatic rings. The maximum Gasteiger partial charge on any atom is 0.336 e. The van der Waals surface area contributed by atoms with Gasteiger partial charge in [0.1, 0.15) is 6.29 Å². The van der Waals surface area contributed by atoms with Gasteiger partial charge in [-0.25, -0.2) is 4.79 Å². The topological polar surface area (TPSA) is 52.6 Å². The Bertz CT molecular complexity index is 885. The highest BCUT2D eigenvalue weighted by atomic mass is 16.6. The lowest BCUT2D eigenvalue weighted by Gasteiger charge is -2.07. The molecule has 34 heavy (non-hydrogen) atoms. The molecule has 0 aromatic heterocycles. The van der Waals surface area contributed by atoms with Gasteiger partial charge in [-0.3, -0.25) is 4.79 Å². The van der Waals surface area contributed by atoms with Gasteiger partial charge in [0, 0.05) is 11.6 Å². The zero-order valence-corrected chi connectivity index (χ0v) is 20.5. The number of unbranched alkanes of at least 4 members (excludes halogenated alkanes) is 7. The molecule has 0 bridgehead atoms. The van der Waals surface area contributed by atoms with Crippen molar-refractivity contribution < 1.29 is 19.1 Å². The number of hydrogen-bond donors (Lipinski definition) is 0. The lowest BCUT2D eigenvalue weighted by Crippen LogP contribution is -2.05. The molecule has 0 saturated carbocycles. The lowest BCUT2D eigenvalue weighted by molar-refractivity contribution is -0.129. The predicted octanol–water partition coefficient (Wildman–Crippen LogP) is 7.89. The third-order valence-corrected chi connectivity index (χ3v) is 4.88. The van der Waals surface area contributed by atoms with Gasteiger partial charge in [0.25, 0.3) is 0 Å². The molecule has 0 heterocycles. The quantitative estimate of drug-likeness (QED) is 0.0590. The van der Waals surface area contributed by atoms with Crippen LogP contribution >= 0.6 is 0 Å². The average molecular weight is 463 g/mol. The van der Waals surface area contributed by atoms with E-state index >= 15 is 0 Å². The van der Waals surface area contributed by atoms with Crippen LogP contribution < -0.4 is 9.47 Å². The molecule has 0 atom stereocenters. The first-order chi connectivity index (χ1) is 16.7. The monoisotopic (exact) mass is 462 g/mol. The van der Waals surface area contributed by atoms with Crippen molar-refractivity contribution in [1.29, 1.82) is 0 Å². The first-order valence-corrected chi connectivity index (χ1v) is 12.1. The Labute approximate surface area is 205 Å². The van der Waals surface area contributed by atoms with Crippen LogP contribution in [0.2, 0.25) is 0 Å². The Morgan fingerprint density at radius 3 is 1.97 bits per heavy atom. The van der Waals surface area contributed by atoms with E-state index in [4.69, 9.17) is 9.47 Å². The van der Waals surface area contributed by atoms with Gasteiger partial charge in [-0.2, -0.15) is 0 Å². The molecule has 1 aromatic rings. The van der Waals surface area contributed by atoms with Crippen LogP contribution in [0.3, 0.4) is 0 Å². The Balaban J connectivity index is 2.21. The highest BCUT2D eigenvalue weighted by molar-refractivity contribution is 5.85. The predicted molar refractivity (Wildman–Crippen MR) is 141 cm³/mol. The maximum absolute atomic E-state index is 11.9. The number of carbonyl (C=O) groups is 2. The number of rotatable bonds is 17. The zero-order valence-electron chi connectivity index (χ0n) is 20.5. The first-order valence-electron chi connectivity index (χ1n) is 12.1. The van der Waals surface area contributed by atoms with Crippen molar-refractivity contribution in [3.8, 4) is 11.5 Å². The second-order valence-corrected chi connectivity index (χ2v) is 7.69. The molecule has 0 N–H and O–H groups in total. The summed E-state index contributed by atoms with van der Waals surface area (Å²) >= 11 is 0. The van der Waals surface area contributed by atoms with E-state index in [2.05, 4.69) is 19.1 Å². The molecule has 1 aromatic carbocycles. The van der Waals surface area contributed by atoms with Crippen molar-refractivity contribution in [3.05, 3.63) is 96.7 Å². The van der Waals surface area contributed by atoms with Crippen LogP contribution in [-0.2, 0) is 4.79 Å². The molecule has 0 spiro atoms. The zero-order chi connectivity index (χ0) is 24.7. The third-order valence-electron chi connectivity index (χ3n) is 4.88. The third kappa shape index (κ3) is 14.6. The molecular weight excluding hydrogens is 424 g/mol. The largest absolute Gasteiger partial charge is 0.493 e. The molecule has 182 valence electrons. The smallest absolute Gasteiger partial charge is 0.336 e. The average Bonchev–Trinajstić information content (AvgIpc) is 2.85. The van der Waals surface area contributed by atoms with Gasteiger partial charge in [0.15, 0.2) is 11.5 Å². The standard InChI is InChI=1S/C30H38O4/c1-3-4-5-6-7-8-9-10-11-12-13-14-15-16-17-18-19-20-21-22-30(32)34-28-24-23-27(26-31)25-29(28)33-2/h11-26H,3-10H2,1-2H3/b12-11+,14-13+,16-15+,18-17+,20-19+,22-21+. The molecular formula is C30H38O4. The van der Waals surface area contributed by atoms with Gasteiger partial charge in [0.05, 0.1) is 7.11 Å². The van der Waals surface area contributed by atoms with Crippen molar-refractivity contribution in [2.75, 3.05) is 7.11 Å². The summed E-state index contributed by atoms with van der Waals surface area (Å²) in [6.45, 7) is 2.25. The molecule has 0 saturated heterocycles. The van der Waals surface area contributed by atoms with Crippen LogP contribution in [0.25, 0.3) is 0 Å². The summed E-state index contributed by atoms with van der Waals surface area (Å²) in [4.78, 5) is 22.7. The summed E-state index contributed by atoms with van der Waals surface area (Å²) in [7, 11) is 1.45. The normalized spacial score (nSPS) is 12.3. The van der Waals surface area contributed by atoms with E-state index in [1.165, 1.54) is 70.3 Å².